The van der Waals surface area contributed by atoms with Gasteiger partial charge in [0.25, 0.3) is 0 Å². The topological polar surface area (TPSA) is 25.0 Å². The molecule has 0 atom stereocenters. The van der Waals surface area contributed by atoms with Crippen LogP contribution in [-0.2, 0) is 25.7 Å². The Morgan fingerprint density at radius 3 is 0.367 bits per heavy atom. The fourth-order valence-corrected chi connectivity index (χ4v) is 16.2. The summed E-state index contributed by atoms with van der Waals surface area (Å²) in [6, 6.07) is 156. The van der Waals surface area contributed by atoms with Crippen LogP contribution in [0.3, 0.4) is 0 Å². The Kier molecular flexibility index (Phi) is 30.7. The zero-order valence-electron chi connectivity index (χ0n) is 70.6. The van der Waals surface area contributed by atoms with Gasteiger partial charge in [0, 0.05) is 214 Å². The molecule has 128 heavy (non-hydrogen) atoms. The molecule has 0 aliphatic heterocycles. The fourth-order valence-electron chi connectivity index (χ4n) is 16.2. The van der Waals surface area contributed by atoms with Crippen LogP contribution in [0.2, 0.25) is 0 Å². The van der Waals surface area contributed by atoms with E-state index >= 15 is 0 Å². The van der Waals surface area contributed by atoms with Gasteiger partial charge in [-0.25, -0.2) is 0 Å². The SMILES string of the molecule is C.C.C.C.C1=CC(=[N+](c2ccc(N(c3ccccc3)c3ccccc3)cc2)c2ccc(N(c3ccccc3)c3ccccc3)cc2)C=CC1=[N+](c1ccc(N(c2ccccc2)c2ccccc2)cc1)c1ccc(N(c2ccccc2)c2ccccc2)cc1.CCc1ccc([N+](=C2C=CC(=[N+](c3ccc(CC)cc3)c3ccc(CC)cc3)C=C2)c2ccc(CC)cc2)cc1. The van der Waals surface area contributed by atoms with Gasteiger partial charge in [0.15, 0.2) is 0 Å². The van der Waals surface area contributed by atoms with Gasteiger partial charge in [0.2, 0.25) is 68.3 Å². The molecule has 0 spiro atoms. The van der Waals surface area contributed by atoms with Crippen LogP contribution >= 0.6 is 0 Å². The van der Waals surface area contributed by atoms with E-state index in [0.717, 1.165) is 162 Å². The highest BCUT2D eigenvalue weighted by molar-refractivity contribution is 6.22. The number of allylic oxidation sites excluding steroid dienone is 8. The normalized spacial score (nSPS) is 11.6. The third-order valence-corrected chi connectivity index (χ3v) is 22.7. The molecule has 8 heteroatoms. The molecule has 0 saturated carbocycles. The lowest BCUT2D eigenvalue weighted by molar-refractivity contribution is 1.06. The van der Waals surface area contributed by atoms with Crippen molar-refractivity contribution in [1.82, 2.24) is 18.3 Å². The molecule has 0 radical (unpaired) electrons. The van der Waals surface area contributed by atoms with Crippen molar-refractivity contribution >= 4 is 137 Å². The zero-order valence-corrected chi connectivity index (χ0v) is 70.6. The summed E-state index contributed by atoms with van der Waals surface area (Å²) < 4.78 is 9.39. The molecule has 16 aromatic carbocycles. The van der Waals surface area contributed by atoms with E-state index in [0.29, 0.717) is 0 Å². The molecule has 2 aliphatic carbocycles. The van der Waals surface area contributed by atoms with E-state index in [1.165, 1.54) is 22.3 Å². The van der Waals surface area contributed by atoms with E-state index in [2.05, 4.69) is 551 Å². The van der Waals surface area contributed by atoms with Gasteiger partial charge in [0.05, 0.1) is 0 Å². The second-order valence-corrected chi connectivity index (χ2v) is 30.5. The van der Waals surface area contributed by atoms with Gasteiger partial charge in [-0.1, -0.05) is 252 Å². The highest BCUT2D eigenvalue weighted by Gasteiger charge is 2.29. The Bertz CT molecular complexity index is 5550. The van der Waals surface area contributed by atoms with E-state index in [4.69, 9.17) is 0 Å². The first-order valence-corrected chi connectivity index (χ1v) is 43.1. The van der Waals surface area contributed by atoms with Gasteiger partial charge in [-0.05, 0) is 194 Å². The maximum Gasteiger partial charge on any atom is 0.212 e. The number of aryl methyl sites for hydroxylation is 4. The van der Waals surface area contributed by atoms with Crippen LogP contribution in [0.15, 0.2) is 485 Å². The molecular weight excluding hydrogens is 1550 g/mol. The van der Waals surface area contributed by atoms with Gasteiger partial charge >= 0.3 is 0 Å². The van der Waals surface area contributed by atoms with E-state index in [9.17, 15) is 0 Å². The molecule has 0 aromatic heterocycles. The Balaban J connectivity index is 0.000000268. The predicted molar refractivity (Wildman–Crippen MR) is 557 cm³/mol. The highest BCUT2D eigenvalue weighted by atomic mass is 15.2. The highest BCUT2D eigenvalue weighted by Crippen LogP contribution is 2.42. The number of para-hydroxylation sites is 8. The van der Waals surface area contributed by atoms with Crippen molar-refractivity contribution in [3.05, 3.63) is 508 Å². The molecule has 0 fully saturated rings. The average molecular weight is 1670 g/mol. The van der Waals surface area contributed by atoms with Crippen LogP contribution < -0.4 is 37.9 Å². The van der Waals surface area contributed by atoms with E-state index in [1.807, 2.05) is 0 Å². The van der Waals surface area contributed by atoms with Gasteiger partial charge in [-0.15, -0.1) is 0 Å². The molecule has 0 bridgehead atoms. The summed E-state index contributed by atoms with van der Waals surface area (Å²) >= 11 is 0. The van der Waals surface area contributed by atoms with Crippen LogP contribution in [0.25, 0.3) is 0 Å². The maximum atomic E-state index is 2.35. The zero-order chi connectivity index (χ0) is 84.2. The third-order valence-electron chi connectivity index (χ3n) is 22.7. The Labute approximate surface area is 760 Å². The van der Waals surface area contributed by atoms with Crippen molar-refractivity contribution < 1.29 is 0 Å². The monoisotopic (exact) mass is 1670 g/mol. The van der Waals surface area contributed by atoms with Crippen molar-refractivity contribution in [1.29, 1.82) is 0 Å². The lowest BCUT2D eigenvalue weighted by Crippen LogP contribution is -2.20. The standard InChI is InChI=1S/C78H60N6.C38H40N2.4CH4/c1-9-25-61(26-10-1)79(62-27-11-2-12-28-62)69-41-49-73(50-42-69)83(74-51-43-70(44-52-74)80(63-29-13-3-14-30-63)64-31-15-4-16-32-64)77-57-59-78(60-58-77)84(75-53-45-71(46-54-75)81(65-33-17-5-18-34-65)66-35-19-6-20-36-66)76-55-47-72(48-56-76)82(67-37-21-7-22-38-67)68-39-23-8-24-40-68;1-5-29-9-17-33(18-10-29)39(34-19-11-30(6-2)12-20-34)37-25-27-38(28-26-37)40(35-21-13-31(7-3)14-22-35)36-23-15-32(8-4)16-24-36;;;;/h1-60H;9-28H,5-8H2,1-4H3;4*1H4/q2*+2;;;;. The summed E-state index contributed by atoms with van der Waals surface area (Å²) in [5.74, 6) is 0. The van der Waals surface area contributed by atoms with E-state index < -0.39 is 0 Å². The summed E-state index contributed by atoms with van der Waals surface area (Å²) in [7, 11) is 0. The first-order valence-electron chi connectivity index (χ1n) is 43.1. The molecule has 0 N–H and O–H groups in total. The summed E-state index contributed by atoms with van der Waals surface area (Å²) in [4.78, 5) is 9.20. The van der Waals surface area contributed by atoms with Crippen molar-refractivity contribution in [2.75, 3.05) is 19.6 Å². The molecule has 18 rings (SSSR count). The van der Waals surface area contributed by atoms with Crippen molar-refractivity contribution in [2.24, 2.45) is 0 Å². The molecule has 8 nitrogen and oxygen atoms in total. The van der Waals surface area contributed by atoms with Crippen molar-refractivity contribution in [2.45, 2.75) is 83.1 Å². The molecule has 0 unspecified atom stereocenters. The molecule has 632 valence electrons. The summed E-state index contributed by atoms with van der Waals surface area (Å²) in [6.07, 6.45) is 22.1. The Morgan fingerprint density at radius 2 is 0.250 bits per heavy atom. The second-order valence-electron chi connectivity index (χ2n) is 30.5. The molecular formula is C120H116N8+4. The Hall–Kier alpha value is -15.6. The minimum atomic E-state index is 0. The molecule has 0 amide bonds. The number of hydrogen-bond acceptors (Lipinski definition) is 4. The average Bonchev–Trinajstić information content (AvgIpc) is 0.789. The van der Waals surface area contributed by atoms with Gasteiger partial charge < -0.3 is 19.6 Å². The van der Waals surface area contributed by atoms with Crippen molar-refractivity contribution in [3.63, 3.8) is 0 Å². The van der Waals surface area contributed by atoms with Crippen LogP contribution in [0, 0.1) is 0 Å². The maximum absolute atomic E-state index is 2.35. The first kappa shape index (κ1) is 90.1. The number of anilines is 12. The third kappa shape index (κ3) is 20.7. The summed E-state index contributed by atoms with van der Waals surface area (Å²) in [5, 5.41) is 0. The number of rotatable bonds is 24. The second kappa shape index (κ2) is 43.6. The quantitative estimate of drug-likeness (QED) is 0.0445. The Morgan fingerprint density at radius 1 is 0.141 bits per heavy atom. The molecule has 0 heterocycles. The fraction of sp³-hybridized carbons (Fsp3) is 0.100. The van der Waals surface area contributed by atoms with Gasteiger partial charge in [-0.3, -0.25) is 0 Å². The minimum Gasteiger partial charge on any atom is -0.310 e. The summed E-state index contributed by atoms with van der Waals surface area (Å²) in [5.41, 5.74) is 31.4. The van der Waals surface area contributed by atoms with E-state index in [-0.39, 0.29) is 29.7 Å². The van der Waals surface area contributed by atoms with E-state index in [1.54, 1.807) is 0 Å². The number of benzene rings is 16. The smallest absolute Gasteiger partial charge is 0.212 e. The molecule has 16 aromatic rings. The van der Waals surface area contributed by atoms with Gasteiger partial charge in [0.1, 0.15) is 0 Å². The molecule has 0 saturated heterocycles. The largest absolute Gasteiger partial charge is 0.310 e. The lowest BCUT2D eigenvalue weighted by atomic mass is 10.1. The van der Waals surface area contributed by atoms with Gasteiger partial charge in [-0.2, -0.15) is 18.3 Å². The lowest BCUT2D eigenvalue weighted by Gasteiger charge is -2.25. The number of hydrogen-bond donors (Lipinski definition) is 0. The predicted octanol–water partition coefficient (Wildman–Crippen LogP) is 32.8. The van der Waals surface area contributed by atoms with Crippen molar-refractivity contribution in [3.8, 4) is 0 Å². The van der Waals surface area contributed by atoms with Crippen LogP contribution in [0.1, 0.15) is 79.7 Å². The summed E-state index contributed by atoms with van der Waals surface area (Å²) in [6.45, 7) is 8.80. The molecule has 2 aliphatic rings. The first-order chi connectivity index (χ1) is 61.3. The minimum absolute atomic E-state index is 0. The number of nitrogens with zero attached hydrogens (tertiary/aromatic N) is 8. The van der Waals surface area contributed by atoms with Crippen LogP contribution in [0.5, 0.6) is 0 Å². The van der Waals surface area contributed by atoms with Crippen LogP contribution in [-0.4, -0.2) is 22.8 Å². The van der Waals surface area contributed by atoms with Crippen LogP contribution in [0.4, 0.5) is 114 Å².